The molecule has 0 aliphatic carbocycles. The molecule has 32 heavy (non-hydrogen) atoms. The van der Waals surface area contributed by atoms with Gasteiger partial charge in [-0.1, -0.05) is 35.9 Å². The van der Waals surface area contributed by atoms with E-state index in [1.165, 1.54) is 18.4 Å². The maximum Gasteiger partial charge on any atom is 0.341 e. The first-order valence-electron chi connectivity index (χ1n) is 10.4. The summed E-state index contributed by atoms with van der Waals surface area (Å²) in [6.45, 7) is 5.92. The van der Waals surface area contributed by atoms with Gasteiger partial charge in [0, 0.05) is 28.8 Å². The summed E-state index contributed by atoms with van der Waals surface area (Å²) in [6, 6.07) is 13.8. The molecular weight excluding hydrogens is 422 g/mol. The summed E-state index contributed by atoms with van der Waals surface area (Å²) in [7, 11) is 1.35. The van der Waals surface area contributed by atoms with E-state index in [-0.39, 0.29) is 12.3 Å². The molecule has 3 aromatic heterocycles. The molecule has 6 nitrogen and oxygen atoms in total. The van der Waals surface area contributed by atoms with Gasteiger partial charge in [-0.05, 0) is 44.9 Å². The fourth-order valence-corrected chi connectivity index (χ4v) is 4.96. The average Bonchev–Trinajstić information content (AvgIpc) is 3.27. The number of pyridine rings is 1. The van der Waals surface area contributed by atoms with Gasteiger partial charge in [0.2, 0.25) is 5.91 Å². The third kappa shape index (κ3) is 4.16. The SMILES string of the molecule is COC(=O)c1c(NC(=O)CCc2c(C)nc3ccccn23)sc(C)c1-c1ccc(C)cc1. The second-order valence-electron chi connectivity index (χ2n) is 7.72. The summed E-state index contributed by atoms with van der Waals surface area (Å²) in [6.07, 6.45) is 2.78. The van der Waals surface area contributed by atoms with Gasteiger partial charge in [0.15, 0.2) is 0 Å². The van der Waals surface area contributed by atoms with Gasteiger partial charge in [-0.3, -0.25) is 4.79 Å². The molecular formula is C25H25N3O3S. The zero-order chi connectivity index (χ0) is 22.8. The number of esters is 1. The molecule has 1 N–H and O–H groups in total. The van der Waals surface area contributed by atoms with Crippen molar-refractivity contribution in [2.45, 2.75) is 33.6 Å². The van der Waals surface area contributed by atoms with Crippen LogP contribution < -0.4 is 5.32 Å². The molecule has 4 rings (SSSR count). The molecule has 1 amide bonds. The number of methoxy groups -OCH3 is 1. The number of aromatic nitrogens is 2. The Kier molecular flexibility index (Phi) is 6.10. The average molecular weight is 448 g/mol. The molecule has 7 heteroatoms. The first kappa shape index (κ1) is 21.8. The van der Waals surface area contributed by atoms with Crippen LogP contribution in [0.25, 0.3) is 16.8 Å². The molecule has 1 aromatic carbocycles. The fraction of sp³-hybridized carbons (Fsp3) is 0.240. The molecule has 0 fully saturated rings. The predicted octanol–water partition coefficient (Wildman–Crippen LogP) is 5.35. The number of hydrogen-bond acceptors (Lipinski definition) is 5. The number of carbonyl (C=O) groups excluding carboxylic acids is 2. The van der Waals surface area contributed by atoms with Crippen molar-refractivity contribution < 1.29 is 14.3 Å². The van der Waals surface area contributed by atoms with Gasteiger partial charge in [0.25, 0.3) is 0 Å². The van der Waals surface area contributed by atoms with E-state index in [1.54, 1.807) is 0 Å². The van der Waals surface area contributed by atoms with E-state index in [1.807, 2.05) is 73.8 Å². The van der Waals surface area contributed by atoms with E-state index >= 15 is 0 Å². The number of aryl methyl sites for hydroxylation is 4. The van der Waals surface area contributed by atoms with Gasteiger partial charge in [0.05, 0.1) is 12.8 Å². The Bertz CT molecular complexity index is 1300. The summed E-state index contributed by atoms with van der Waals surface area (Å²) in [5.74, 6) is -0.616. The number of thiophene rings is 1. The first-order chi connectivity index (χ1) is 15.4. The number of nitrogens with zero attached hydrogens (tertiary/aromatic N) is 2. The van der Waals surface area contributed by atoms with Crippen molar-refractivity contribution >= 4 is 33.9 Å². The Morgan fingerprint density at radius 1 is 1.09 bits per heavy atom. The van der Waals surface area contributed by atoms with Crippen LogP contribution in [-0.4, -0.2) is 28.4 Å². The Hall–Kier alpha value is -3.45. The van der Waals surface area contributed by atoms with E-state index in [0.717, 1.165) is 38.6 Å². The zero-order valence-corrected chi connectivity index (χ0v) is 19.4. The van der Waals surface area contributed by atoms with E-state index in [4.69, 9.17) is 4.74 Å². The van der Waals surface area contributed by atoms with Gasteiger partial charge in [-0.25, -0.2) is 9.78 Å². The van der Waals surface area contributed by atoms with E-state index in [0.29, 0.717) is 17.0 Å². The van der Waals surface area contributed by atoms with E-state index in [9.17, 15) is 9.59 Å². The Balaban J connectivity index is 1.59. The van der Waals surface area contributed by atoms with Crippen LogP contribution in [0.5, 0.6) is 0 Å². The lowest BCUT2D eigenvalue weighted by Crippen LogP contribution is -2.15. The largest absolute Gasteiger partial charge is 0.465 e. The van der Waals surface area contributed by atoms with E-state index < -0.39 is 5.97 Å². The van der Waals surface area contributed by atoms with Gasteiger partial charge in [-0.15, -0.1) is 11.3 Å². The minimum atomic E-state index is -0.460. The number of anilines is 1. The Morgan fingerprint density at radius 2 is 1.84 bits per heavy atom. The van der Waals surface area contributed by atoms with Crippen LogP contribution in [0.3, 0.4) is 0 Å². The van der Waals surface area contributed by atoms with Crippen molar-refractivity contribution in [2.75, 3.05) is 12.4 Å². The Morgan fingerprint density at radius 3 is 2.56 bits per heavy atom. The number of carbonyl (C=O) groups is 2. The highest BCUT2D eigenvalue weighted by atomic mass is 32.1. The zero-order valence-electron chi connectivity index (χ0n) is 18.6. The smallest absolute Gasteiger partial charge is 0.341 e. The quantitative estimate of drug-likeness (QED) is 0.405. The minimum absolute atomic E-state index is 0.155. The maximum absolute atomic E-state index is 12.8. The normalized spacial score (nSPS) is 11.0. The number of imidazole rings is 1. The molecule has 0 aliphatic heterocycles. The van der Waals surface area contributed by atoms with Crippen molar-refractivity contribution in [3.05, 3.63) is 76.1 Å². The standard InChI is InChI=1S/C25H25N3O3S/c1-15-8-10-18(11-9-15)22-17(3)32-24(23(22)25(30)31-4)27-21(29)13-12-19-16(2)26-20-7-5-6-14-28(19)20/h5-11,14H,12-13H2,1-4H3,(H,27,29). The molecule has 3 heterocycles. The Labute approximate surface area is 190 Å². The van der Waals surface area contributed by atoms with Crippen LogP contribution in [0.4, 0.5) is 5.00 Å². The lowest BCUT2D eigenvalue weighted by atomic mass is 10.0. The highest BCUT2D eigenvalue weighted by Gasteiger charge is 2.25. The molecule has 0 unspecified atom stereocenters. The summed E-state index contributed by atoms with van der Waals surface area (Å²) in [5.41, 5.74) is 6.04. The molecule has 164 valence electrons. The molecule has 0 saturated carbocycles. The second kappa shape index (κ2) is 8.96. The van der Waals surface area contributed by atoms with Crippen LogP contribution in [0, 0.1) is 20.8 Å². The van der Waals surface area contributed by atoms with Gasteiger partial charge in [0.1, 0.15) is 16.2 Å². The molecule has 0 atom stereocenters. The van der Waals surface area contributed by atoms with Crippen LogP contribution in [0.1, 0.15) is 38.6 Å². The third-order valence-electron chi connectivity index (χ3n) is 5.48. The highest BCUT2D eigenvalue weighted by molar-refractivity contribution is 7.17. The minimum Gasteiger partial charge on any atom is -0.465 e. The summed E-state index contributed by atoms with van der Waals surface area (Å²) < 4.78 is 7.05. The van der Waals surface area contributed by atoms with Crippen LogP contribution >= 0.6 is 11.3 Å². The molecule has 0 spiro atoms. The van der Waals surface area contributed by atoms with Crippen molar-refractivity contribution in [1.29, 1.82) is 0 Å². The number of rotatable bonds is 6. The van der Waals surface area contributed by atoms with Crippen LogP contribution in [-0.2, 0) is 16.0 Å². The number of nitrogens with one attached hydrogen (secondary N) is 1. The monoisotopic (exact) mass is 447 g/mol. The number of ether oxygens (including phenoxy) is 1. The van der Waals surface area contributed by atoms with Crippen LogP contribution in [0.2, 0.25) is 0 Å². The topological polar surface area (TPSA) is 72.7 Å². The molecule has 0 bridgehead atoms. The van der Waals surface area contributed by atoms with Crippen molar-refractivity contribution in [1.82, 2.24) is 9.38 Å². The van der Waals surface area contributed by atoms with E-state index in [2.05, 4.69) is 10.3 Å². The molecule has 0 aliphatic rings. The van der Waals surface area contributed by atoms with Crippen molar-refractivity contribution in [2.24, 2.45) is 0 Å². The molecule has 0 radical (unpaired) electrons. The second-order valence-corrected chi connectivity index (χ2v) is 8.94. The van der Waals surface area contributed by atoms with Gasteiger partial charge < -0.3 is 14.5 Å². The first-order valence-corrected chi connectivity index (χ1v) is 11.2. The maximum atomic E-state index is 12.8. The van der Waals surface area contributed by atoms with Crippen molar-refractivity contribution in [3.63, 3.8) is 0 Å². The number of hydrogen-bond donors (Lipinski definition) is 1. The fourth-order valence-electron chi connectivity index (χ4n) is 3.88. The summed E-state index contributed by atoms with van der Waals surface area (Å²) in [4.78, 5) is 31.0. The third-order valence-corrected chi connectivity index (χ3v) is 6.51. The predicted molar refractivity (Wildman–Crippen MR) is 127 cm³/mol. The molecule has 0 saturated heterocycles. The number of benzene rings is 1. The van der Waals surface area contributed by atoms with Crippen molar-refractivity contribution in [3.8, 4) is 11.1 Å². The highest BCUT2D eigenvalue weighted by Crippen LogP contribution is 2.40. The summed E-state index contributed by atoms with van der Waals surface area (Å²) in [5, 5.41) is 3.47. The van der Waals surface area contributed by atoms with Crippen LogP contribution in [0.15, 0.2) is 48.7 Å². The van der Waals surface area contributed by atoms with Gasteiger partial charge in [-0.2, -0.15) is 0 Å². The summed E-state index contributed by atoms with van der Waals surface area (Å²) >= 11 is 1.39. The lowest BCUT2D eigenvalue weighted by molar-refractivity contribution is -0.116. The number of fused-ring (bicyclic) bond motifs is 1. The number of amides is 1. The lowest BCUT2D eigenvalue weighted by Gasteiger charge is -2.09. The molecule has 4 aromatic rings. The van der Waals surface area contributed by atoms with Gasteiger partial charge >= 0.3 is 5.97 Å².